The molecule has 1 rings (SSSR count). The van der Waals surface area contributed by atoms with Gasteiger partial charge in [-0.05, 0) is 30.7 Å². The molecule has 0 amide bonds. The quantitative estimate of drug-likeness (QED) is 0.588. The Morgan fingerprint density at radius 2 is 2.31 bits per heavy atom. The molecule has 0 aromatic heterocycles. The summed E-state index contributed by atoms with van der Waals surface area (Å²) in [6.07, 6.45) is 6.09. The fourth-order valence-electron chi connectivity index (χ4n) is 1.30. The van der Waals surface area contributed by atoms with Crippen LogP contribution in [-0.2, 0) is 6.54 Å². The van der Waals surface area contributed by atoms with Crippen molar-refractivity contribution in [3.63, 3.8) is 0 Å². The zero-order valence-corrected chi connectivity index (χ0v) is 9.42. The Labute approximate surface area is 95.8 Å². The fraction of sp³-hybridized carbons (Fsp3) is 0.385. The summed E-state index contributed by atoms with van der Waals surface area (Å²) >= 11 is 0. The Balaban J connectivity index is 2.57. The average molecular weight is 221 g/mol. The minimum absolute atomic E-state index is 0.0877. The Kier molecular flexibility index (Phi) is 5.38. The second-order valence-corrected chi connectivity index (χ2v) is 3.43. The molecule has 0 heterocycles. The van der Waals surface area contributed by atoms with E-state index in [1.54, 1.807) is 6.07 Å². The number of rotatable bonds is 6. The van der Waals surface area contributed by atoms with Crippen LogP contribution in [0.5, 0.6) is 5.75 Å². The number of terminal acetylenes is 1. The van der Waals surface area contributed by atoms with Crippen LogP contribution in [0, 0.1) is 18.2 Å². The lowest BCUT2D eigenvalue weighted by molar-refractivity contribution is 0.348. The summed E-state index contributed by atoms with van der Waals surface area (Å²) < 4.78 is 18.5. The Morgan fingerprint density at radius 3 is 2.94 bits per heavy atom. The van der Waals surface area contributed by atoms with E-state index in [0.29, 0.717) is 6.54 Å². The van der Waals surface area contributed by atoms with E-state index in [1.807, 2.05) is 6.07 Å². The van der Waals surface area contributed by atoms with Gasteiger partial charge in [-0.3, -0.25) is 0 Å². The molecular weight excluding hydrogens is 205 g/mol. The highest BCUT2D eigenvalue weighted by Gasteiger charge is 2.03. The molecule has 0 aliphatic rings. The first kappa shape index (κ1) is 12.5. The van der Waals surface area contributed by atoms with Gasteiger partial charge in [0.2, 0.25) is 0 Å². The molecule has 0 saturated heterocycles. The van der Waals surface area contributed by atoms with Crippen LogP contribution >= 0.6 is 0 Å². The molecule has 0 bridgehead atoms. The van der Waals surface area contributed by atoms with E-state index in [2.05, 4.69) is 18.2 Å². The average Bonchev–Trinajstić information content (AvgIpc) is 2.28. The van der Waals surface area contributed by atoms with Crippen LogP contribution in [0.1, 0.15) is 18.9 Å². The number of benzene rings is 1. The van der Waals surface area contributed by atoms with Gasteiger partial charge >= 0.3 is 0 Å². The van der Waals surface area contributed by atoms with Crippen LogP contribution in [0.2, 0.25) is 0 Å². The van der Waals surface area contributed by atoms with Crippen LogP contribution in [-0.4, -0.2) is 13.2 Å². The highest BCUT2D eigenvalue weighted by Crippen LogP contribution is 2.18. The molecule has 2 nitrogen and oxygen atoms in total. The molecule has 1 aromatic carbocycles. The number of hydrogen-bond donors (Lipinski definition) is 1. The zero-order valence-electron chi connectivity index (χ0n) is 9.42. The lowest BCUT2D eigenvalue weighted by Crippen LogP contribution is -2.13. The minimum Gasteiger partial charge on any atom is -0.478 e. The van der Waals surface area contributed by atoms with E-state index in [0.717, 1.165) is 18.5 Å². The van der Waals surface area contributed by atoms with Crippen molar-refractivity contribution >= 4 is 0 Å². The smallest absolute Gasteiger partial charge is 0.165 e. The molecule has 0 atom stereocenters. The summed E-state index contributed by atoms with van der Waals surface area (Å²) in [7, 11) is 0. The number of halogens is 1. The summed E-state index contributed by atoms with van der Waals surface area (Å²) in [6, 6.07) is 4.90. The van der Waals surface area contributed by atoms with Gasteiger partial charge in [-0.25, -0.2) is 4.39 Å². The van der Waals surface area contributed by atoms with Crippen molar-refractivity contribution in [1.29, 1.82) is 0 Å². The molecule has 0 unspecified atom stereocenters. The Hall–Kier alpha value is -1.53. The van der Waals surface area contributed by atoms with Crippen molar-refractivity contribution in [1.82, 2.24) is 5.32 Å². The van der Waals surface area contributed by atoms with Gasteiger partial charge in [-0.15, -0.1) is 6.42 Å². The third-order valence-electron chi connectivity index (χ3n) is 2.06. The molecular formula is C13H16FNO. The van der Waals surface area contributed by atoms with Gasteiger partial charge in [0.05, 0.1) is 0 Å². The molecule has 1 N–H and O–H groups in total. The van der Waals surface area contributed by atoms with E-state index >= 15 is 0 Å². The largest absolute Gasteiger partial charge is 0.478 e. The number of ether oxygens (including phenoxy) is 1. The topological polar surface area (TPSA) is 21.3 Å². The molecule has 3 heteroatoms. The van der Waals surface area contributed by atoms with Crippen molar-refractivity contribution < 1.29 is 9.13 Å². The summed E-state index contributed by atoms with van der Waals surface area (Å²) in [5.74, 6) is 2.14. The standard InChI is InChI=1S/C13H16FNO/c1-3-7-15-10-11-5-6-13(12(14)9-11)16-8-4-2/h2,5-6,9,15H,3,7-8,10H2,1H3. The maximum absolute atomic E-state index is 13.5. The van der Waals surface area contributed by atoms with Crippen LogP contribution in [0.25, 0.3) is 0 Å². The van der Waals surface area contributed by atoms with Gasteiger partial charge in [-0.1, -0.05) is 18.9 Å². The zero-order chi connectivity index (χ0) is 11.8. The van der Waals surface area contributed by atoms with Crippen molar-refractivity contribution in [2.75, 3.05) is 13.2 Å². The monoisotopic (exact) mass is 221 g/mol. The summed E-state index contributed by atoms with van der Waals surface area (Å²) in [4.78, 5) is 0. The molecule has 0 aliphatic carbocycles. The number of hydrogen-bond acceptors (Lipinski definition) is 2. The van der Waals surface area contributed by atoms with Gasteiger partial charge in [-0.2, -0.15) is 0 Å². The molecule has 86 valence electrons. The summed E-state index contributed by atoms with van der Waals surface area (Å²) in [5, 5.41) is 3.20. The van der Waals surface area contributed by atoms with Crippen LogP contribution in [0.3, 0.4) is 0 Å². The molecule has 0 radical (unpaired) electrons. The third-order valence-corrected chi connectivity index (χ3v) is 2.06. The first-order valence-electron chi connectivity index (χ1n) is 5.33. The maximum atomic E-state index is 13.5. The van der Waals surface area contributed by atoms with Gasteiger partial charge in [0, 0.05) is 6.54 Å². The predicted molar refractivity (Wildman–Crippen MR) is 62.7 cm³/mol. The molecule has 16 heavy (non-hydrogen) atoms. The first-order chi connectivity index (χ1) is 7.77. The van der Waals surface area contributed by atoms with Crippen molar-refractivity contribution in [2.45, 2.75) is 19.9 Å². The molecule has 1 aromatic rings. The van der Waals surface area contributed by atoms with Gasteiger partial charge in [0.1, 0.15) is 6.61 Å². The van der Waals surface area contributed by atoms with Crippen LogP contribution in [0.15, 0.2) is 18.2 Å². The first-order valence-corrected chi connectivity index (χ1v) is 5.33. The fourth-order valence-corrected chi connectivity index (χ4v) is 1.30. The normalized spacial score (nSPS) is 9.81. The van der Waals surface area contributed by atoms with Crippen molar-refractivity contribution in [3.05, 3.63) is 29.6 Å². The van der Waals surface area contributed by atoms with Gasteiger partial charge in [0.15, 0.2) is 11.6 Å². The van der Waals surface area contributed by atoms with E-state index < -0.39 is 0 Å². The minimum atomic E-state index is -0.369. The molecule has 0 aliphatic heterocycles. The number of nitrogens with one attached hydrogen (secondary N) is 1. The second kappa shape index (κ2) is 6.86. The van der Waals surface area contributed by atoms with E-state index in [1.165, 1.54) is 6.07 Å². The summed E-state index contributed by atoms with van der Waals surface area (Å²) in [5.41, 5.74) is 0.902. The van der Waals surface area contributed by atoms with Gasteiger partial charge in [0.25, 0.3) is 0 Å². The second-order valence-electron chi connectivity index (χ2n) is 3.43. The van der Waals surface area contributed by atoms with E-state index in [-0.39, 0.29) is 18.2 Å². The SMILES string of the molecule is C#CCOc1ccc(CNCCC)cc1F. The molecule has 0 fully saturated rings. The summed E-state index contributed by atoms with van der Waals surface area (Å²) in [6.45, 7) is 3.77. The van der Waals surface area contributed by atoms with Crippen LogP contribution < -0.4 is 10.1 Å². The van der Waals surface area contributed by atoms with E-state index in [9.17, 15) is 4.39 Å². The van der Waals surface area contributed by atoms with Crippen molar-refractivity contribution in [3.8, 4) is 18.1 Å². The Bertz CT molecular complexity index is 371. The third kappa shape index (κ3) is 3.92. The van der Waals surface area contributed by atoms with Crippen LogP contribution in [0.4, 0.5) is 4.39 Å². The lowest BCUT2D eigenvalue weighted by atomic mass is 10.2. The van der Waals surface area contributed by atoms with Crippen molar-refractivity contribution in [2.24, 2.45) is 0 Å². The highest BCUT2D eigenvalue weighted by atomic mass is 19.1. The molecule has 0 saturated carbocycles. The van der Waals surface area contributed by atoms with Gasteiger partial charge < -0.3 is 10.1 Å². The maximum Gasteiger partial charge on any atom is 0.165 e. The lowest BCUT2D eigenvalue weighted by Gasteiger charge is -2.07. The predicted octanol–water partition coefficient (Wildman–Crippen LogP) is 2.34. The Morgan fingerprint density at radius 1 is 1.50 bits per heavy atom. The van der Waals surface area contributed by atoms with E-state index in [4.69, 9.17) is 11.2 Å². The molecule has 0 spiro atoms. The highest BCUT2D eigenvalue weighted by molar-refractivity contribution is 5.29.